The number of hydrogen-bond acceptors (Lipinski definition) is 5. The lowest BCUT2D eigenvalue weighted by Crippen LogP contribution is -2.08. The van der Waals surface area contributed by atoms with Crippen LogP contribution in [-0.4, -0.2) is 30.1 Å². The van der Waals surface area contributed by atoms with Crippen LogP contribution in [0, 0.1) is 5.92 Å². The van der Waals surface area contributed by atoms with Crippen molar-refractivity contribution in [2.24, 2.45) is 5.92 Å². The number of rotatable bonds is 7. The number of thioether (sulfide) groups is 1. The molecule has 5 heteroatoms. The molecule has 94 valence electrons. The molecule has 0 unspecified atom stereocenters. The first-order valence-electron chi connectivity index (χ1n) is 5.91. The molecule has 1 heterocycles. The number of anilines is 2. The maximum absolute atomic E-state index is 5.83. The molecule has 1 saturated carbocycles. The molecule has 0 radical (unpaired) electrons. The van der Waals surface area contributed by atoms with Gasteiger partial charge in [0.15, 0.2) is 0 Å². The van der Waals surface area contributed by atoms with Crippen LogP contribution >= 0.6 is 11.8 Å². The van der Waals surface area contributed by atoms with Crippen molar-refractivity contribution in [2.45, 2.75) is 12.8 Å². The summed E-state index contributed by atoms with van der Waals surface area (Å²) in [6.45, 7) is 1.64. The van der Waals surface area contributed by atoms with Crippen LogP contribution in [0.1, 0.15) is 12.8 Å². The third-order valence-electron chi connectivity index (χ3n) is 2.65. The minimum Gasteiger partial charge on any atom is -0.476 e. The van der Waals surface area contributed by atoms with Crippen molar-refractivity contribution in [1.29, 1.82) is 0 Å². The van der Waals surface area contributed by atoms with Gasteiger partial charge in [-0.25, -0.2) is 0 Å². The molecule has 0 bridgehead atoms. The fourth-order valence-electron chi connectivity index (χ4n) is 1.43. The highest BCUT2D eigenvalue weighted by Gasteiger charge is 2.22. The predicted octanol–water partition coefficient (Wildman–Crippen LogP) is 2.23. The fraction of sp³-hybridized carbons (Fsp3) is 0.583. The highest BCUT2D eigenvalue weighted by Crippen LogP contribution is 2.30. The lowest BCUT2D eigenvalue weighted by atomic mass is 10.4. The number of ether oxygens (including phenoxy) is 1. The smallest absolute Gasteiger partial charge is 0.239 e. The van der Waals surface area contributed by atoms with Gasteiger partial charge in [0.1, 0.15) is 5.82 Å². The van der Waals surface area contributed by atoms with Crippen LogP contribution in [0.3, 0.4) is 0 Å². The van der Waals surface area contributed by atoms with Gasteiger partial charge in [0.2, 0.25) is 5.88 Å². The Kier molecular flexibility index (Phi) is 4.36. The summed E-state index contributed by atoms with van der Waals surface area (Å²) in [4.78, 5) is 4.38. The number of nitrogens with two attached hydrogens (primary N) is 1. The standard InChI is InChI=1S/C12H19N3OS/c1-17-7-6-14-11-5-4-10(13)12(15-11)16-8-9-2-3-9/h4-5,9H,2-3,6-8,13H2,1H3,(H,14,15). The van der Waals surface area contributed by atoms with Crippen LogP contribution < -0.4 is 15.8 Å². The zero-order valence-corrected chi connectivity index (χ0v) is 10.9. The third-order valence-corrected chi connectivity index (χ3v) is 3.27. The lowest BCUT2D eigenvalue weighted by Gasteiger charge is -2.10. The first-order chi connectivity index (χ1) is 8.29. The number of aromatic nitrogens is 1. The number of pyridine rings is 1. The Hall–Kier alpha value is -1.10. The monoisotopic (exact) mass is 253 g/mol. The van der Waals surface area contributed by atoms with Gasteiger partial charge in [0, 0.05) is 12.3 Å². The van der Waals surface area contributed by atoms with Crippen LogP contribution in [0.4, 0.5) is 11.5 Å². The van der Waals surface area contributed by atoms with E-state index in [2.05, 4.69) is 16.6 Å². The van der Waals surface area contributed by atoms with E-state index < -0.39 is 0 Å². The van der Waals surface area contributed by atoms with Gasteiger partial charge in [0.05, 0.1) is 12.3 Å². The van der Waals surface area contributed by atoms with E-state index in [1.165, 1.54) is 12.8 Å². The Morgan fingerprint density at radius 2 is 2.35 bits per heavy atom. The molecule has 0 saturated heterocycles. The summed E-state index contributed by atoms with van der Waals surface area (Å²) in [5.41, 5.74) is 6.44. The van der Waals surface area contributed by atoms with Gasteiger partial charge < -0.3 is 15.8 Å². The Morgan fingerprint density at radius 3 is 3.06 bits per heavy atom. The molecular weight excluding hydrogens is 234 g/mol. The molecule has 0 aromatic carbocycles. The number of nitrogens with zero attached hydrogens (tertiary/aromatic N) is 1. The van der Waals surface area contributed by atoms with E-state index in [9.17, 15) is 0 Å². The minimum absolute atomic E-state index is 0.561. The molecule has 4 nitrogen and oxygen atoms in total. The Balaban J connectivity index is 1.90. The van der Waals surface area contributed by atoms with E-state index in [0.717, 1.165) is 24.7 Å². The van der Waals surface area contributed by atoms with Crippen LogP contribution in [0.2, 0.25) is 0 Å². The maximum atomic E-state index is 5.83. The summed E-state index contributed by atoms with van der Waals surface area (Å²) in [7, 11) is 0. The van der Waals surface area contributed by atoms with Gasteiger partial charge in [-0.1, -0.05) is 0 Å². The van der Waals surface area contributed by atoms with Crippen LogP contribution in [-0.2, 0) is 0 Å². The first kappa shape index (κ1) is 12.4. The van der Waals surface area contributed by atoms with E-state index in [-0.39, 0.29) is 0 Å². The molecule has 17 heavy (non-hydrogen) atoms. The maximum Gasteiger partial charge on any atom is 0.239 e. The van der Waals surface area contributed by atoms with Crippen molar-refractivity contribution < 1.29 is 4.74 Å². The molecule has 1 aliphatic rings. The summed E-state index contributed by atoms with van der Waals surface area (Å²) in [6.07, 6.45) is 4.62. The highest BCUT2D eigenvalue weighted by atomic mass is 32.2. The predicted molar refractivity (Wildman–Crippen MR) is 73.7 cm³/mol. The van der Waals surface area contributed by atoms with Crippen molar-refractivity contribution in [3.63, 3.8) is 0 Å². The summed E-state index contributed by atoms with van der Waals surface area (Å²) in [5, 5.41) is 3.25. The molecule has 1 aliphatic carbocycles. The van der Waals surface area contributed by atoms with Crippen molar-refractivity contribution >= 4 is 23.3 Å². The summed E-state index contributed by atoms with van der Waals surface area (Å²) in [6, 6.07) is 3.73. The van der Waals surface area contributed by atoms with Gasteiger partial charge in [-0.2, -0.15) is 16.7 Å². The molecule has 1 aromatic heterocycles. The molecule has 3 N–H and O–H groups in total. The molecule has 1 aromatic rings. The summed E-state index contributed by atoms with van der Waals surface area (Å²) >= 11 is 1.80. The molecule has 0 atom stereocenters. The average Bonchev–Trinajstić information content (AvgIpc) is 3.14. The van der Waals surface area contributed by atoms with Gasteiger partial charge in [-0.05, 0) is 37.1 Å². The van der Waals surface area contributed by atoms with Gasteiger partial charge in [-0.15, -0.1) is 0 Å². The van der Waals surface area contributed by atoms with E-state index in [4.69, 9.17) is 10.5 Å². The topological polar surface area (TPSA) is 60.2 Å². The first-order valence-corrected chi connectivity index (χ1v) is 7.31. The number of hydrogen-bond donors (Lipinski definition) is 2. The van der Waals surface area contributed by atoms with E-state index in [1.54, 1.807) is 11.8 Å². The molecular formula is C12H19N3OS. The van der Waals surface area contributed by atoms with Crippen LogP contribution in [0.5, 0.6) is 5.88 Å². The summed E-state index contributed by atoms with van der Waals surface area (Å²) < 4.78 is 5.63. The molecule has 2 rings (SSSR count). The lowest BCUT2D eigenvalue weighted by molar-refractivity contribution is 0.290. The van der Waals surface area contributed by atoms with E-state index in [1.807, 2.05) is 12.1 Å². The Bertz CT molecular complexity index is 369. The molecule has 0 spiro atoms. The zero-order valence-electron chi connectivity index (χ0n) is 10.1. The van der Waals surface area contributed by atoms with Crippen molar-refractivity contribution in [2.75, 3.05) is 36.2 Å². The Labute approximate surface area is 106 Å². The van der Waals surface area contributed by atoms with Crippen LogP contribution in [0.15, 0.2) is 12.1 Å². The summed E-state index contributed by atoms with van der Waals surface area (Å²) in [5.74, 6) is 3.17. The van der Waals surface area contributed by atoms with Crippen LogP contribution in [0.25, 0.3) is 0 Å². The van der Waals surface area contributed by atoms with Gasteiger partial charge >= 0.3 is 0 Å². The quantitative estimate of drug-likeness (QED) is 0.730. The van der Waals surface area contributed by atoms with E-state index in [0.29, 0.717) is 17.5 Å². The largest absolute Gasteiger partial charge is 0.476 e. The van der Waals surface area contributed by atoms with Gasteiger partial charge in [0.25, 0.3) is 0 Å². The SMILES string of the molecule is CSCCNc1ccc(N)c(OCC2CC2)n1. The average molecular weight is 253 g/mol. The normalized spacial score (nSPS) is 14.6. The molecule has 0 amide bonds. The van der Waals surface area contributed by atoms with Gasteiger partial charge in [-0.3, -0.25) is 0 Å². The highest BCUT2D eigenvalue weighted by molar-refractivity contribution is 7.98. The van der Waals surface area contributed by atoms with E-state index >= 15 is 0 Å². The Morgan fingerprint density at radius 1 is 1.53 bits per heavy atom. The second kappa shape index (κ2) is 6.00. The molecule has 1 fully saturated rings. The number of nitrogens with one attached hydrogen (secondary N) is 1. The second-order valence-corrected chi connectivity index (χ2v) is 5.25. The fourth-order valence-corrected chi connectivity index (χ4v) is 1.73. The molecule has 0 aliphatic heterocycles. The van der Waals surface area contributed by atoms with Crippen molar-refractivity contribution in [3.8, 4) is 5.88 Å². The minimum atomic E-state index is 0.561. The number of nitrogen functional groups attached to an aromatic ring is 1. The third kappa shape index (κ3) is 4.00. The van der Waals surface area contributed by atoms with Crippen molar-refractivity contribution in [1.82, 2.24) is 4.98 Å². The zero-order chi connectivity index (χ0) is 12.1. The van der Waals surface area contributed by atoms with Crippen molar-refractivity contribution in [3.05, 3.63) is 12.1 Å². The second-order valence-electron chi connectivity index (χ2n) is 4.26.